The summed E-state index contributed by atoms with van der Waals surface area (Å²) < 4.78 is 17.7. The van der Waals surface area contributed by atoms with Gasteiger partial charge in [-0.3, -0.25) is 0 Å². The minimum absolute atomic E-state index is 0.0520. The van der Waals surface area contributed by atoms with E-state index in [0.29, 0.717) is 30.6 Å². The van der Waals surface area contributed by atoms with Gasteiger partial charge in [-0.05, 0) is 76.2 Å². The van der Waals surface area contributed by atoms with Crippen LogP contribution in [-0.4, -0.2) is 25.1 Å². The molecule has 0 bridgehead atoms. The molecule has 1 aliphatic heterocycles. The van der Waals surface area contributed by atoms with Crippen molar-refractivity contribution in [2.75, 3.05) is 13.2 Å². The van der Waals surface area contributed by atoms with Crippen LogP contribution in [0.3, 0.4) is 0 Å². The third kappa shape index (κ3) is 5.56. The van der Waals surface area contributed by atoms with E-state index in [4.69, 9.17) is 14.2 Å². The Balaban J connectivity index is 1.91. The molecule has 0 N–H and O–H groups in total. The Morgan fingerprint density at radius 3 is 2.42 bits per heavy atom. The van der Waals surface area contributed by atoms with E-state index in [1.54, 1.807) is 6.08 Å². The first-order valence-electron chi connectivity index (χ1n) is 10.5. The first-order valence-corrected chi connectivity index (χ1v) is 11.2. The van der Waals surface area contributed by atoms with Crippen LogP contribution in [0.2, 0.25) is 0 Å². The molecule has 0 unspecified atom stereocenters. The lowest BCUT2D eigenvalue weighted by Gasteiger charge is -2.18. The molecule has 3 rings (SSSR count). The number of halogens is 1. The predicted octanol–water partition coefficient (Wildman–Crippen LogP) is 6.28. The SMILES string of the molecule is CCCOc1c(Br)cc(/C=C2\N=C(c3ccc(C(C)(C)C)cc3)OC2=O)cc1OCC. The molecule has 31 heavy (non-hydrogen) atoms. The lowest BCUT2D eigenvalue weighted by Crippen LogP contribution is -2.11. The number of cyclic esters (lactones) is 1. The number of carbonyl (C=O) groups excluding carboxylic acids is 1. The highest BCUT2D eigenvalue weighted by atomic mass is 79.9. The van der Waals surface area contributed by atoms with Gasteiger partial charge in [-0.25, -0.2) is 9.79 Å². The topological polar surface area (TPSA) is 57.1 Å². The summed E-state index contributed by atoms with van der Waals surface area (Å²) in [5.41, 5.74) is 3.03. The molecule has 2 aromatic rings. The number of hydrogen-bond donors (Lipinski definition) is 0. The lowest BCUT2D eigenvalue weighted by molar-refractivity contribution is -0.129. The number of aliphatic imine (C=N–C) groups is 1. The van der Waals surface area contributed by atoms with E-state index in [2.05, 4.69) is 41.7 Å². The second-order valence-electron chi connectivity index (χ2n) is 8.27. The van der Waals surface area contributed by atoms with Gasteiger partial charge in [-0.2, -0.15) is 0 Å². The van der Waals surface area contributed by atoms with E-state index < -0.39 is 5.97 Å². The summed E-state index contributed by atoms with van der Waals surface area (Å²) in [4.78, 5) is 16.8. The molecule has 0 aromatic heterocycles. The molecule has 0 radical (unpaired) electrons. The maximum Gasteiger partial charge on any atom is 0.363 e. The third-order valence-electron chi connectivity index (χ3n) is 4.70. The van der Waals surface area contributed by atoms with Crippen LogP contribution >= 0.6 is 15.9 Å². The summed E-state index contributed by atoms with van der Waals surface area (Å²) in [5, 5.41) is 0. The van der Waals surface area contributed by atoms with E-state index >= 15 is 0 Å². The van der Waals surface area contributed by atoms with Crippen LogP contribution in [0.5, 0.6) is 11.5 Å². The molecule has 0 saturated heterocycles. The summed E-state index contributed by atoms with van der Waals surface area (Å²) in [5.74, 6) is 1.10. The number of ether oxygens (including phenoxy) is 3. The van der Waals surface area contributed by atoms with Crippen LogP contribution in [0.4, 0.5) is 0 Å². The van der Waals surface area contributed by atoms with Gasteiger partial charge in [-0.15, -0.1) is 0 Å². The summed E-state index contributed by atoms with van der Waals surface area (Å²) in [7, 11) is 0. The van der Waals surface area contributed by atoms with Crippen molar-refractivity contribution in [2.24, 2.45) is 4.99 Å². The number of benzene rings is 2. The van der Waals surface area contributed by atoms with Crippen LogP contribution in [0.25, 0.3) is 6.08 Å². The average Bonchev–Trinajstić information content (AvgIpc) is 3.07. The van der Waals surface area contributed by atoms with E-state index in [1.807, 2.05) is 50.2 Å². The highest BCUT2D eigenvalue weighted by Crippen LogP contribution is 2.38. The van der Waals surface area contributed by atoms with Crippen LogP contribution in [-0.2, 0) is 14.9 Å². The van der Waals surface area contributed by atoms with E-state index in [0.717, 1.165) is 22.0 Å². The Morgan fingerprint density at radius 2 is 1.81 bits per heavy atom. The molecule has 0 saturated carbocycles. The van der Waals surface area contributed by atoms with Crippen molar-refractivity contribution >= 4 is 33.9 Å². The molecule has 0 spiro atoms. The first-order chi connectivity index (χ1) is 14.7. The Bertz CT molecular complexity index is 1020. The fraction of sp³-hybridized carbons (Fsp3) is 0.360. The Morgan fingerprint density at radius 1 is 1.10 bits per heavy atom. The Kier molecular flexibility index (Phi) is 7.21. The third-order valence-corrected chi connectivity index (χ3v) is 5.29. The second-order valence-corrected chi connectivity index (χ2v) is 9.13. The normalized spacial score (nSPS) is 15.1. The summed E-state index contributed by atoms with van der Waals surface area (Å²) in [6, 6.07) is 11.6. The van der Waals surface area contributed by atoms with Gasteiger partial charge in [-0.1, -0.05) is 39.8 Å². The maximum absolute atomic E-state index is 12.4. The fourth-order valence-corrected chi connectivity index (χ4v) is 3.66. The van der Waals surface area contributed by atoms with Gasteiger partial charge in [0.1, 0.15) is 0 Å². The summed E-state index contributed by atoms with van der Waals surface area (Å²) in [6.07, 6.45) is 2.58. The van der Waals surface area contributed by atoms with Crippen LogP contribution in [0.1, 0.15) is 57.7 Å². The van der Waals surface area contributed by atoms with Crippen LogP contribution in [0, 0.1) is 0 Å². The van der Waals surface area contributed by atoms with Crippen molar-refractivity contribution in [2.45, 2.75) is 46.5 Å². The summed E-state index contributed by atoms with van der Waals surface area (Å²) >= 11 is 3.55. The van der Waals surface area contributed by atoms with E-state index in [9.17, 15) is 4.79 Å². The number of carbonyl (C=O) groups is 1. The van der Waals surface area contributed by atoms with Crippen LogP contribution < -0.4 is 9.47 Å². The minimum atomic E-state index is -0.477. The second kappa shape index (κ2) is 9.69. The molecule has 0 fully saturated rings. The van der Waals surface area contributed by atoms with Crippen molar-refractivity contribution in [3.8, 4) is 11.5 Å². The zero-order valence-electron chi connectivity index (χ0n) is 18.6. The molecular formula is C25H28BrNO4. The van der Waals surface area contributed by atoms with Crippen molar-refractivity contribution in [1.82, 2.24) is 0 Å². The largest absolute Gasteiger partial charge is 0.490 e. The van der Waals surface area contributed by atoms with Crippen molar-refractivity contribution in [3.05, 3.63) is 63.3 Å². The van der Waals surface area contributed by atoms with Gasteiger partial charge in [0.2, 0.25) is 5.90 Å². The van der Waals surface area contributed by atoms with Crippen molar-refractivity contribution in [3.63, 3.8) is 0 Å². The first kappa shape index (κ1) is 23.1. The zero-order chi connectivity index (χ0) is 22.6. The van der Waals surface area contributed by atoms with Gasteiger partial charge in [0, 0.05) is 5.56 Å². The highest BCUT2D eigenvalue weighted by Gasteiger charge is 2.25. The molecule has 5 nitrogen and oxygen atoms in total. The van der Waals surface area contributed by atoms with E-state index in [-0.39, 0.29) is 11.1 Å². The van der Waals surface area contributed by atoms with Crippen molar-refractivity contribution < 1.29 is 19.0 Å². The van der Waals surface area contributed by atoms with Crippen molar-refractivity contribution in [1.29, 1.82) is 0 Å². The lowest BCUT2D eigenvalue weighted by atomic mass is 9.87. The standard InChI is InChI=1S/C25H28BrNO4/c1-6-12-30-22-19(26)13-16(15-21(22)29-7-2)14-20-24(28)31-23(27-20)17-8-10-18(11-9-17)25(3,4)5/h8-11,13-15H,6-7,12H2,1-5H3/b20-14-. The molecule has 1 heterocycles. The van der Waals surface area contributed by atoms with Gasteiger partial charge < -0.3 is 14.2 Å². The molecule has 2 aromatic carbocycles. The van der Waals surface area contributed by atoms with Gasteiger partial charge in [0.15, 0.2) is 17.2 Å². The molecule has 1 aliphatic rings. The number of nitrogens with zero attached hydrogens (tertiary/aromatic N) is 1. The molecule has 164 valence electrons. The predicted molar refractivity (Wildman–Crippen MR) is 127 cm³/mol. The van der Waals surface area contributed by atoms with Gasteiger partial charge >= 0.3 is 5.97 Å². The van der Waals surface area contributed by atoms with Crippen LogP contribution in [0.15, 0.2) is 51.6 Å². The Labute approximate surface area is 192 Å². The summed E-state index contributed by atoms with van der Waals surface area (Å²) in [6.45, 7) is 11.5. The monoisotopic (exact) mass is 485 g/mol. The van der Waals surface area contributed by atoms with E-state index in [1.165, 1.54) is 5.56 Å². The zero-order valence-corrected chi connectivity index (χ0v) is 20.2. The molecular weight excluding hydrogens is 458 g/mol. The quantitative estimate of drug-likeness (QED) is 0.342. The average molecular weight is 486 g/mol. The number of rotatable bonds is 7. The smallest absolute Gasteiger partial charge is 0.363 e. The molecule has 0 atom stereocenters. The molecule has 0 aliphatic carbocycles. The van der Waals surface area contributed by atoms with Gasteiger partial charge in [0.25, 0.3) is 0 Å². The minimum Gasteiger partial charge on any atom is -0.490 e. The molecule has 6 heteroatoms. The molecule has 0 amide bonds. The Hall–Kier alpha value is -2.60. The number of hydrogen-bond acceptors (Lipinski definition) is 5. The fourth-order valence-electron chi connectivity index (χ4n) is 3.08. The highest BCUT2D eigenvalue weighted by molar-refractivity contribution is 9.10. The van der Waals surface area contributed by atoms with Gasteiger partial charge in [0.05, 0.1) is 17.7 Å². The number of esters is 1. The maximum atomic E-state index is 12.4.